The highest BCUT2D eigenvalue weighted by Gasteiger charge is 2.17. The van der Waals surface area contributed by atoms with E-state index >= 15 is 0 Å². The van der Waals surface area contributed by atoms with Crippen molar-refractivity contribution < 1.29 is 9.47 Å². The summed E-state index contributed by atoms with van der Waals surface area (Å²) in [6.45, 7) is 1.29. The Morgan fingerprint density at radius 3 is 2.75 bits per heavy atom. The van der Waals surface area contributed by atoms with Gasteiger partial charge < -0.3 is 14.8 Å². The maximum atomic E-state index is 5.68. The highest BCUT2D eigenvalue weighted by atomic mass is 16.6. The molecule has 3 nitrogen and oxygen atoms in total. The van der Waals surface area contributed by atoms with Crippen LogP contribution in [-0.2, 0) is 0 Å². The van der Waals surface area contributed by atoms with E-state index in [1.165, 1.54) is 31.2 Å². The SMILES string of the molecule is CNC(CC1=CCCCC1)c1ccc2c(c1)OCCO2. The Morgan fingerprint density at radius 1 is 1.15 bits per heavy atom. The predicted molar refractivity (Wildman–Crippen MR) is 80.4 cm³/mol. The Labute approximate surface area is 121 Å². The van der Waals surface area contributed by atoms with E-state index in [0.29, 0.717) is 19.3 Å². The zero-order chi connectivity index (χ0) is 13.8. The van der Waals surface area contributed by atoms with Crippen LogP contribution in [0.3, 0.4) is 0 Å². The average molecular weight is 273 g/mol. The maximum absolute atomic E-state index is 5.68. The number of rotatable bonds is 4. The van der Waals surface area contributed by atoms with Gasteiger partial charge in [0.05, 0.1) is 0 Å². The van der Waals surface area contributed by atoms with Gasteiger partial charge in [-0.25, -0.2) is 0 Å². The lowest BCUT2D eigenvalue weighted by molar-refractivity contribution is 0.171. The predicted octanol–water partition coefficient (Wildman–Crippen LogP) is 3.61. The molecule has 0 amide bonds. The summed E-state index contributed by atoms with van der Waals surface area (Å²) in [7, 11) is 2.03. The molecule has 0 radical (unpaired) electrons. The lowest BCUT2D eigenvalue weighted by Gasteiger charge is -2.23. The van der Waals surface area contributed by atoms with Crippen LogP contribution in [0, 0.1) is 0 Å². The Balaban J connectivity index is 1.76. The summed E-state index contributed by atoms with van der Waals surface area (Å²) in [5, 5.41) is 3.44. The summed E-state index contributed by atoms with van der Waals surface area (Å²) in [6.07, 6.45) is 8.69. The minimum absolute atomic E-state index is 0.357. The van der Waals surface area contributed by atoms with Crippen LogP contribution in [0.15, 0.2) is 29.8 Å². The van der Waals surface area contributed by atoms with E-state index in [-0.39, 0.29) is 0 Å². The number of fused-ring (bicyclic) bond motifs is 1. The van der Waals surface area contributed by atoms with E-state index in [0.717, 1.165) is 17.9 Å². The fourth-order valence-electron chi connectivity index (χ4n) is 3.02. The summed E-state index contributed by atoms with van der Waals surface area (Å²) in [5.41, 5.74) is 2.87. The number of ether oxygens (including phenoxy) is 2. The quantitative estimate of drug-likeness (QED) is 0.850. The van der Waals surface area contributed by atoms with Crippen LogP contribution in [0.2, 0.25) is 0 Å². The van der Waals surface area contributed by atoms with Gasteiger partial charge >= 0.3 is 0 Å². The van der Waals surface area contributed by atoms with Crippen LogP contribution in [-0.4, -0.2) is 20.3 Å². The molecule has 3 rings (SSSR count). The number of benzene rings is 1. The number of hydrogen-bond donors (Lipinski definition) is 1. The van der Waals surface area contributed by atoms with Crippen molar-refractivity contribution in [2.75, 3.05) is 20.3 Å². The zero-order valence-corrected chi connectivity index (χ0v) is 12.2. The van der Waals surface area contributed by atoms with Crippen molar-refractivity contribution in [1.29, 1.82) is 0 Å². The van der Waals surface area contributed by atoms with Crippen LogP contribution >= 0.6 is 0 Å². The van der Waals surface area contributed by atoms with E-state index in [2.05, 4.69) is 23.5 Å². The molecule has 20 heavy (non-hydrogen) atoms. The second-order valence-corrected chi connectivity index (χ2v) is 5.56. The minimum atomic E-state index is 0.357. The van der Waals surface area contributed by atoms with E-state index in [4.69, 9.17) is 9.47 Å². The van der Waals surface area contributed by atoms with Crippen molar-refractivity contribution in [3.63, 3.8) is 0 Å². The Morgan fingerprint density at radius 2 is 2.00 bits per heavy atom. The fraction of sp³-hybridized carbons (Fsp3) is 0.529. The second kappa shape index (κ2) is 6.31. The first kappa shape index (κ1) is 13.5. The first-order valence-corrected chi connectivity index (χ1v) is 7.61. The number of allylic oxidation sites excluding steroid dienone is 1. The summed E-state index contributed by atoms with van der Waals surface area (Å²) in [6, 6.07) is 6.66. The summed E-state index contributed by atoms with van der Waals surface area (Å²) in [4.78, 5) is 0. The lowest BCUT2D eigenvalue weighted by atomic mass is 9.91. The standard InChI is InChI=1S/C17H23NO2/c1-18-15(11-13-5-3-2-4-6-13)14-7-8-16-17(12-14)20-10-9-19-16/h5,7-8,12,15,18H,2-4,6,9-11H2,1H3. The van der Waals surface area contributed by atoms with Crippen LogP contribution in [0.25, 0.3) is 0 Å². The molecular formula is C17H23NO2. The third kappa shape index (κ3) is 2.98. The van der Waals surface area contributed by atoms with Crippen molar-refractivity contribution in [3.8, 4) is 11.5 Å². The van der Waals surface area contributed by atoms with Gasteiger partial charge in [-0.05, 0) is 56.8 Å². The van der Waals surface area contributed by atoms with Gasteiger partial charge in [0.1, 0.15) is 13.2 Å². The molecule has 0 fully saturated rings. The first-order valence-electron chi connectivity index (χ1n) is 7.61. The highest BCUT2D eigenvalue weighted by molar-refractivity contribution is 5.44. The van der Waals surface area contributed by atoms with Crippen molar-refractivity contribution in [2.24, 2.45) is 0 Å². The smallest absolute Gasteiger partial charge is 0.161 e. The van der Waals surface area contributed by atoms with Gasteiger partial charge in [0.15, 0.2) is 11.5 Å². The van der Waals surface area contributed by atoms with Crippen LogP contribution in [0.1, 0.15) is 43.7 Å². The molecule has 3 heteroatoms. The molecule has 1 atom stereocenters. The van der Waals surface area contributed by atoms with Gasteiger partial charge in [-0.2, -0.15) is 0 Å². The van der Waals surface area contributed by atoms with Crippen LogP contribution < -0.4 is 14.8 Å². The largest absolute Gasteiger partial charge is 0.486 e. The van der Waals surface area contributed by atoms with E-state index in [1.807, 2.05) is 13.1 Å². The molecule has 1 aromatic carbocycles. The molecule has 1 N–H and O–H groups in total. The Kier molecular flexibility index (Phi) is 4.26. The molecule has 0 bridgehead atoms. The third-order valence-electron chi connectivity index (χ3n) is 4.17. The molecule has 1 heterocycles. The van der Waals surface area contributed by atoms with Crippen molar-refractivity contribution in [3.05, 3.63) is 35.4 Å². The van der Waals surface area contributed by atoms with Crippen molar-refractivity contribution >= 4 is 0 Å². The van der Waals surface area contributed by atoms with Gasteiger partial charge in [-0.1, -0.05) is 17.7 Å². The van der Waals surface area contributed by atoms with Crippen LogP contribution in [0.4, 0.5) is 0 Å². The van der Waals surface area contributed by atoms with Gasteiger partial charge in [0, 0.05) is 6.04 Å². The first-order chi connectivity index (χ1) is 9.86. The van der Waals surface area contributed by atoms with Gasteiger partial charge in [-0.15, -0.1) is 0 Å². The molecule has 1 aromatic rings. The molecular weight excluding hydrogens is 250 g/mol. The molecule has 0 saturated heterocycles. The lowest BCUT2D eigenvalue weighted by Crippen LogP contribution is -2.19. The summed E-state index contributed by atoms with van der Waals surface area (Å²) < 4.78 is 11.3. The van der Waals surface area contributed by atoms with Crippen LogP contribution in [0.5, 0.6) is 11.5 Å². The van der Waals surface area contributed by atoms with E-state index < -0.39 is 0 Å². The normalized spacial score (nSPS) is 19.4. The van der Waals surface area contributed by atoms with E-state index in [1.54, 1.807) is 5.57 Å². The zero-order valence-electron chi connectivity index (χ0n) is 12.2. The average Bonchev–Trinajstić information content (AvgIpc) is 2.53. The number of nitrogens with one attached hydrogen (secondary N) is 1. The van der Waals surface area contributed by atoms with Gasteiger partial charge in [-0.3, -0.25) is 0 Å². The second-order valence-electron chi connectivity index (χ2n) is 5.56. The van der Waals surface area contributed by atoms with Crippen molar-refractivity contribution in [2.45, 2.75) is 38.1 Å². The third-order valence-corrected chi connectivity index (χ3v) is 4.17. The minimum Gasteiger partial charge on any atom is -0.486 e. The molecule has 1 unspecified atom stereocenters. The molecule has 0 spiro atoms. The molecule has 108 valence electrons. The van der Waals surface area contributed by atoms with Gasteiger partial charge in [0.25, 0.3) is 0 Å². The van der Waals surface area contributed by atoms with E-state index in [9.17, 15) is 0 Å². The Bertz CT molecular complexity index is 496. The maximum Gasteiger partial charge on any atom is 0.161 e. The molecule has 1 aliphatic carbocycles. The molecule has 0 saturated carbocycles. The van der Waals surface area contributed by atoms with Gasteiger partial charge in [0.2, 0.25) is 0 Å². The highest BCUT2D eigenvalue weighted by Crippen LogP contribution is 2.35. The molecule has 2 aliphatic rings. The monoisotopic (exact) mass is 273 g/mol. The molecule has 0 aromatic heterocycles. The topological polar surface area (TPSA) is 30.5 Å². The molecule has 1 aliphatic heterocycles. The Hall–Kier alpha value is -1.48. The fourth-order valence-corrected chi connectivity index (χ4v) is 3.02. The summed E-state index contributed by atoms with van der Waals surface area (Å²) in [5.74, 6) is 1.75. The number of hydrogen-bond acceptors (Lipinski definition) is 3. The van der Waals surface area contributed by atoms with Crippen molar-refractivity contribution in [1.82, 2.24) is 5.32 Å². The summed E-state index contributed by atoms with van der Waals surface area (Å²) >= 11 is 0.